The minimum Gasteiger partial charge on any atom is -0.345 e. The molecule has 0 aliphatic heterocycles. The van der Waals surface area contributed by atoms with Gasteiger partial charge in [-0.05, 0) is 31.4 Å². The molecule has 0 spiro atoms. The first-order valence-corrected chi connectivity index (χ1v) is 6.85. The number of allylic oxidation sites excluding steroid dienone is 2. The summed E-state index contributed by atoms with van der Waals surface area (Å²) in [6.45, 7) is 5.97. The van der Waals surface area contributed by atoms with Crippen molar-refractivity contribution in [3.05, 3.63) is 24.3 Å². The highest BCUT2D eigenvalue weighted by atomic mass is 14.9. The maximum Gasteiger partial charge on any atom is 0.0924 e. The monoisotopic (exact) mass is 247 g/mol. The van der Waals surface area contributed by atoms with E-state index in [1.54, 1.807) is 25.5 Å². The number of nitrogens with one attached hydrogen (secondary N) is 2. The van der Waals surface area contributed by atoms with E-state index in [0.717, 1.165) is 17.2 Å². The Hall–Kier alpha value is -1.38. The molecule has 0 aromatic carbocycles. The Kier molecular flexibility index (Phi) is 6.40. The van der Waals surface area contributed by atoms with Crippen LogP contribution in [-0.2, 0) is 0 Å². The van der Waals surface area contributed by atoms with Gasteiger partial charge in [-0.1, -0.05) is 39.0 Å². The topological polar surface area (TPSA) is 52.5 Å². The zero-order valence-electron chi connectivity index (χ0n) is 11.8. The SMILES string of the molecule is CC(=N)/C=C(\C)c1cnc[nH]1.CCCCC1CC1. The summed E-state index contributed by atoms with van der Waals surface area (Å²) in [5, 5.41) is 7.22. The molecule has 1 aliphatic rings. The molecule has 0 bridgehead atoms. The van der Waals surface area contributed by atoms with Crippen molar-refractivity contribution in [3.63, 3.8) is 0 Å². The number of nitrogens with zero attached hydrogens (tertiary/aromatic N) is 1. The Balaban J connectivity index is 0.000000199. The fraction of sp³-hybridized carbons (Fsp3) is 0.600. The standard InChI is InChI=1S/C8H11N3.C7H14/c1-6(3-7(2)9)8-4-10-5-11-8;1-2-3-4-7-5-6-7/h3-5,9H,1-2H3,(H,10,11);7H,2-6H2,1H3/b6-3+,9-7?;. The van der Waals surface area contributed by atoms with Crippen molar-refractivity contribution >= 4 is 11.3 Å². The lowest BCUT2D eigenvalue weighted by Gasteiger charge is -1.94. The molecule has 1 heterocycles. The van der Waals surface area contributed by atoms with Gasteiger partial charge < -0.3 is 10.4 Å². The van der Waals surface area contributed by atoms with Gasteiger partial charge in [0.2, 0.25) is 0 Å². The van der Waals surface area contributed by atoms with E-state index in [4.69, 9.17) is 5.41 Å². The minimum absolute atomic E-state index is 0.553. The molecule has 2 N–H and O–H groups in total. The van der Waals surface area contributed by atoms with Crippen LogP contribution in [0.5, 0.6) is 0 Å². The van der Waals surface area contributed by atoms with Gasteiger partial charge in [0, 0.05) is 5.71 Å². The predicted molar refractivity (Wildman–Crippen MR) is 77.9 cm³/mol. The van der Waals surface area contributed by atoms with Crippen LogP contribution in [0.1, 0.15) is 58.6 Å². The molecule has 0 amide bonds. The van der Waals surface area contributed by atoms with E-state index in [2.05, 4.69) is 16.9 Å². The maximum absolute atomic E-state index is 7.22. The number of rotatable bonds is 5. The Bertz CT molecular complexity index is 372. The second kappa shape index (κ2) is 7.85. The number of aromatic nitrogens is 2. The number of imidazole rings is 1. The summed E-state index contributed by atoms with van der Waals surface area (Å²) in [5.41, 5.74) is 2.56. The third-order valence-electron chi connectivity index (χ3n) is 3.02. The molecule has 3 nitrogen and oxygen atoms in total. The molecule has 1 aromatic heterocycles. The van der Waals surface area contributed by atoms with Crippen LogP contribution in [0.2, 0.25) is 0 Å². The Morgan fingerprint density at radius 1 is 1.50 bits per heavy atom. The van der Waals surface area contributed by atoms with Crippen molar-refractivity contribution in [1.82, 2.24) is 9.97 Å². The summed E-state index contributed by atoms with van der Waals surface area (Å²) >= 11 is 0. The summed E-state index contributed by atoms with van der Waals surface area (Å²) in [7, 11) is 0. The zero-order valence-corrected chi connectivity index (χ0v) is 11.8. The molecule has 0 saturated heterocycles. The van der Waals surface area contributed by atoms with Gasteiger partial charge in [0.05, 0.1) is 18.2 Å². The highest BCUT2D eigenvalue weighted by molar-refractivity contribution is 5.96. The molecule has 0 radical (unpaired) electrons. The molecule has 1 saturated carbocycles. The average Bonchev–Trinajstić information content (AvgIpc) is 2.97. The van der Waals surface area contributed by atoms with Crippen LogP contribution < -0.4 is 0 Å². The van der Waals surface area contributed by atoms with Crippen LogP contribution >= 0.6 is 0 Å². The van der Waals surface area contributed by atoms with Gasteiger partial charge in [-0.15, -0.1) is 0 Å². The summed E-state index contributed by atoms with van der Waals surface area (Å²) in [5.74, 6) is 1.15. The predicted octanol–water partition coefficient (Wildman–Crippen LogP) is 4.44. The summed E-state index contributed by atoms with van der Waals surface area (Å²) < 4.78 is 0. The van der Waals surface area contributed by atoms with E-state index in [1.807, 2.05) is 6.92 Å². The Morgan fingerprint density at radius 3 is 2.67 bits per heavy atom. The molecule has 100 valence electrons. The van der Waals surface area contributed by atoms with Crippen LogP contribution in [0, 0.1) is 11.3 Å². The first-order chi connectivity index (χ1) is 8.63. The van der Waals surface area contributed by atoms with E-state index in [1.165, 1.54) is 32.1 Å². The molecule has 1 aromatic rings. The van der Waals surface area contributed by atoms with Gasteiger partial charge in [0.1, 0.15) is 0 Å². The first-order valence-electron chi connectivity index (χ1n) is 6.85. The van der Waals surface area contributed by atoms with Crippen molar-refractivity contribution in [3.8, 4) is 0 Å². The highest BCUT2D eigenvalue weighted by Crippen LogP contribution is 2.33. The number of unbranched alkanes of at least 4 members (excludes halogenated alkanes) is 1. The molecule has 3 heteroatoms. The third kappa shape index (κ3) is 6.38. The lowest BCUT2D eigenvalue weighted by atomic mass is 10.2. The largest absolute Gasteiger partial charge is 0.345 e. The lowest BCUT2D eigenvalue weighted by Crippen LogP contribution is -1.84. The average molecular weight is 247 g/mol. The maximum atomic E-state index is 7.22. The lowest BCUT2D eigenvalue weighted by molar-refractivity contribution is 0.654. The van der Waals surface area contributed by atoms with Gasteiger partial charge in [-0.3, -0.25) is 0 Å². The molecule has 1 fully saturated rings. The third-order valence-corrected chi connectivity index (χ3v) is 3.02. The summed E-state index contributed by atoms with van der Waals surface area (Å²) in [4.78, 5) is 6.85. The molecular weight excluding hydrogens is 222 g/mol. The zero-order chi connectivity index (χ0) is 13.4. The van der Waals surface area contributed by atoms with E-state index in [-0.39, 0.29) is 0 Å². The Morgan fingerprint density at radius 2 is 2.22 bits per heavy atom. The van der Waals surface area contributed by atoms with Crippen molar-refractivity contribution in [2.75, 3.05) is 0 Å². The molecule has 18 heavy (non-hydrogen) atoms. The van der Waals surface area contributed by atoms with Gasteiger partial charge in [0.25, 0.3) is 0 Å². The number of hydrogen-bond acceptors (Lipinski definition) is 2. The van der Waals surface area contributed by atoms with Gasteiger partial charge in [-0.2, -0.15) is 0 Å². The number of H-pyrrole nitrogens is 1. The van der Waals surface area contributed by atoms with Crippen molar-refractivity contribution in [2.45, 2.75) is 52.9 Å². The fourth-order valence-corrected chi connectivity index (χ4v) is 1.77. The van der Waals surface area contributed by atoms with Crippen molar-refractivity contribution in [1.29, 1.82) is 5.41 Å². The number of hydrogen-bond donors (Lipinski definition) is 2. The van der Waals surface area contributed by atoms with E-state index in [9.17, 15) is 0 Å². The van der Waals surface area contributed by atoms with E-state index < -0.39 is 0 Å². The van der Waals surface area contributed by atoms with Gasteiger partial charge in [0.15, 0.2) is 0 Å². The quantitative estimate of drug-likeness (QED) is 0.742. The smallest absolute Gasteiger partial charge is 0.0924 e. The molecule has 0 unspecified atom stereocenters. The van der Waals surface area contributed by atoms with Crippen LogP contribution in [0.15, 0.2) is 18.6 Å². The molecule has 2 rings (SSSR count). The summed E-state index contributed by atoms with van der Waals surface area (Å²) in [6.07, 6.45) is 12.6. The summed E-state index contributed by atoms with van der Waals surface area (Å²) in [6, 6.07) is 0. The normalized spacial score (nSPS) is 14.9. The number of aromatic amines is 1. The fourth-order valence-electron chi connectivity index (χ4n) is 1.77. The van der Waals surface area contributed by atoms with E-state index in [0.29, 0.717) is 5.71 Å². The van der Waals surface area contributed by atoms with Crippen LogP contribution in [0.3, 0.4) is 0 Å². The van der Waals surface area contributed by atoms with Gasteiger partial charge in [-0.25, -0.2) is 4.98 Å². The van der Waals surface area contributed by atoms with Crippen LogP contribution in [0.25, 0.3) is 5.57 Å². The molecular formula is C15H25N3. The molecule has 0 atom stereocenters. The van der Waals surface area contributed by atoms with Crippen LogP contribution in [-0.4, -0.2) is 15.7 Å². The second-order valence-corrected chi connectivity index (χ2v) is 5.06. The van der Waals surface area contributed by atoms with Crippen molar-refractivity contribution in [2.24, 2.45) is 5.92 Å². The van der Waals surface area contributed by atoms with Gasteiger partial charge >= 0.3 is 0 Å². The minimum atomic E-state index is 0.553. The van der Waals surface area contributed by atoms with Crippen molar-refractivity contribution < 1.29 is 0 Å². The second-order valence-electron chi connectivity index (χ2n) is 5.06. The van der Waals surface area contributed by atoms with Crippen LogP contribution in [0.4, 0.5) is 0 Å². The first kappa shape index (κ1) is 14.7. The van der Waals surface area contributed by atoms with E-state index >= 15 is 0 Å². The molecule has 1 aliphatic carbocycles. The Labute approximate surface area is 110 Å². The highest BCUT2D eigenvalue weighted by Gasteiger charge is 2.19.